The van der Waals surface area contributed by atoms with Crippen LogP contribution in [0.1, 0.15) is 32.1 Å². The third-order valence-electron chi connectivity index (χ3n) is 2.13. The van der Waals surface area contributed by atoms with E-state index in [-0.39, 0.29) is 57.0 Å². The Hall–Kier alpha value is -2.12. The minimum Gasteiger partial charge on any atom is -0.481 e. The molecule has 0 aliphatic rings. The quantitative estimate of drug-likeness (QED) is 0.391. The lowest BCUT2D eigenvalue weighted by Crippen LogP contribution is -2.34. The van der Waals surface area contributed by atoms with Gasteiger partial charge in [-0.1, -0.05) is 0 Å². The third-order valence-corrected chi connectivity index (χ3v) is 2.13. The first-order valence-corrected chi connectivity index (χ1v) is 5.89. The van der Waals surface area contributed by atoms with E-state index in [9.17, 15) is 19.2 Å². The summed E-state index contributed by atoms with van der Waals surface area (Å²) in [6.07, 6.45) is 0.0139. The number of aliphatic carboxylic acids is 2. The lowest BCUT2D eigenvalue weighted by atomic mass is 10.2. The molecule has 0 spiro atoms. The van der Waals surface area contributed by atoms with Gasteiger partial charge in [0.25, 0.3) is 0 Å². The van der Waals surface area contributed by atoms with Crippen molar-refractivity contribution in [3.63, 3.8) is 0 Å². The Labute approximate surface area is 110 Å². The van der Waals surface area contributed by atoms with Crippen molar-refractivity contribution in [3.8, 4) is 0 Å². The van der Waals surface area contributed by atoms with Gasteiger partial charge in [0.2, 0.25) is 11.8 Å². The molecular formula is C11H18N2O6. The van der Waals surface area contributed by atoms with Crippen molar-refractivity contribution in [3.05, 3.63) is 0 Å². The summed E-state index contributed by atoms with van der Waals surface area (Å²) in [6, 6.07) is 0. The Morgan fingerprint density at radius 3 is 1.63 bits per heavy atom. The SMILES string of the molecule is O=C(O)CCCC(=O)NCCNC(=O)CCC(=O)O. The highest BCUT2D eigenvalue weighted by atomic mass is 16.4. The molecule has 8 heteroatoms. The van der Waals surface area contributed by atoms with Crippen LogP contribution in [-0.4, -0.2) is 47.1 Å². The summed E-state index contributed by atoms with van der Waals surface area (Å²) in [7, 11) is 0. The summed E-state index contributed by atoms with van der Waals surface area (Å²) in [5, 5.41) is 21.7. The van der Waals surface area contributed by atoms with Crippen molar-refractivity contribution < 1.29 is 29.4 Å². The minimum atomic E-state index is -1.04. The van der Waals surface area contributed by atoms with E-state index in [0.29, 0.717) is 0 Å². The molecule has 0 saturated heterocycles. The fraction of sp³-hybridized carbons (Fsp3) is 0.636. The maximum atomic E-state index is 11.2. The van der Waals surface area contributed by atoms with E-state index >= 15 is 0 Å². The second kappa shape index (κ2) is 9.86. The fourth-order valence-corrected chi connectivity index (χ4v) is 1.20. The maximum absolute atomic E-state index is 11.2. The molecule has 0 fully saturated rings. The van der Waals surface area contributed by atoms with Crippen LogP contribution in [0.15, 0.2) is 0 Å². The van der Waals surface area contributed by atoms with Crippen molar-refractivity contribution >= 4 is 23.8 Å². The number of carboxylic acid groups (broad SMARTS) is 2. The van der Waals surface area contributed by atoms with Crippen LogP contribution in [0.4, 0.5) is 0 Å². The Bertz CT molecular complexity index is 342. The topological polar surface area (TPSA) is 133 Å². The van der Waals surface area contributed by atoms with E-state index in [1.807, 2.05) is 0 Å². The van der Waals surface area contributed by atoms with Gasteiger partial charge in [-0.15, -0.1) is 0 Å². The molecule has 0 aromatic carbocycles. The predicted octanol–water partition coefficient (Wildman–Crippen LogP) is -0.661. The summed E-state index contributed by atoms with van der Waals surface area (Å²) in [4.78, 5) is 42.7. The van der Waals surface area contributed by atoms with Gasteiger partial charge in [-0.05, 0) is 6.42 Å². The van der Waals surface area contributed by atoms with Gasteiger partial charge >= 0.3 is 11.9 Å². The van der Waals surface area contributed by atoms with Gasteiger partial charge in [0, 0.05) is 32.4 Å². The monoisotopic (exact) mass is 274 g/mol. The van der Waals surface area contributed by atoms with Crippen molar-refractivity contribution in [2.75, 3.05) is 13.1 Å². The van der Waals surface area contributed by atoms with Gasteiger partial charge in [-0.2, -0.15) is 0 Å². The van der Waals surface area contributed by atoms with Gasteiger partial charge in [0.15, 0.2) is 0 Å². The molecule has 8 nitrogen and oxygen atoms in total. The Morgan fingerprint density at radius 1 is 0.684 bits per heavy atom. The molecule has 0 bridgehead atoms. The molecule has 4 N–H and O–H groups in total. The highest BCUT2D eigenvalue weighted by Crippen LogP contribution is 1.94. The molecule has 0 aliphatic carbocycles. The zero-order valence-electron chi connectivity index (χ0n) is 10.5. The second-order valence-electron chi connectivity index (χ2n) is 3.84. The fourth-order valence-electron chi connectivity index (χ4n) is 1.20. The van der Waals surface area contributed by atoms with Gasteiger partial charge in [-0.25, -0.2) is 0 Å². The van der Waals surface area contributed by atoms with Gasteiger partial charge in [-0.3, -0.25) is 19.2 Å². The normalized spacial score (nSPS) is 9.68. The highest BCUT2D eigenvalue weighted by Gasteiger charge is 2.05. The number of hydrogen-bond acceptors (Lipinski definition) is 4. The molecule has 2 amide bonds. The lowest BCUT2D eigenvalue weighted by molar-refractivity contribution is -0.139. The van der Waals surface area contributed by atoms with E-state index in [2.05, 4.69) is 10.6 Å². The van der Waals surface area contributed by atoms with Crippen molar-refractivity contribution in [1.82, 2.24) is 10.6 Å². The van der Waals surface area contributed by atoms with E-state index in [1.54, 1.807) is 0 Å². The van der Waals surface area contributed by atoms with E-state index in [4.69, 9.17) is 10.2 Å². The predicted molar refractivity (Wildman–Crippen MR) is 64.4 cm³/mol. The zero-order chi connectivity index (χ0) is 14.7. The average Bonchev–Trinajstić information content (AvgIpc) is 2.31. The van der Waals surface area contributed by atoms with Crippen LogP contribution < -0.4 is 10.6 Å². The second-order valence-corrected chi connectivity index (χ2v) is 3.84. The Balaban J connectivity index is 3.47. The van der Waals surface area contributed by atoms with Crippen molar-refractivity contribution in [1.29, 1.82) is 0 Å². The Morgan fingerprint density at radius 2 is 1.16 bits per heavy atom. The smallest absolute Gasteiger partial charge is 0.303 e. The third kappa shape index (κ3) is 12.1. The zero-order valence-corrected chi connectivity index (χ0v) is 10.5. The molecular weight excluding hydrogens is 256 g/mol. The molecule has 0 aromatic heterocycles. The van der Waals surface area contributed by atoms with E-state index in [1.165, 1.54) is 0 Å². The number of nitrogens with one attached hydrogen (secondary N) is 2. The molecule has 0 atom stereocenters. The van der Waals surface area contributed by atoms with Gasteiger partial charge in [0.1, 0.15) is 0 Å². The number of hydrogen-bond donors (Lipinski definition) is 4. The molecule has 108 valence electrons. The summed E-state index contributed by atoms with van der Waals surface area (Å²) < 4.78 is 0. The number of rotatable bonds is 10. The summed E-state index contributed by atoms with van der Waals surface area (Å²) >= 11 is 0. The van der Waals surface area contributed by atoms with Crippen LogP contribution >= 0.6 is 0 Å². The molecule has 19 heavy (non-hydrogen) atoms. The molecule has 0 rings (SSSR count). The molecule has 0 saturated carbocycles. The van der Waals surface area contributed by atoms with Crippen LogP contribution in [-0.2, 0) is 19.2 Å². The van der Waals surface area contributed by atoms with E-state index < -0.39 is 11.9 Å². The number of carbonyl (C=O) groups is 4. The summed E-state index contributed by atoms with van der Waals surface area (Å²) in [6.45, 7) is 0.438. The molecule has 0 aromatic rings. The highest BCUT2D eigenvalue weighted by molar-refractivity contribution is 5.80. The van der Waals surface area contributed by atoms with Crippen LogP contribution in [0.3, 0.4) is 0 Å². The largest absolute Gasteiger partial charge is 0.481 e. The van der Waals surface area contributed by atoms with Crippen LogP contribution in [0.25, 0.3) is 0 Å². The number of amides is 2. The maximum Gasteiger partial charge on any atom is 0.303 e. The van der Waals surface area contributed by atoms with Crippen molar-refractivity contribution in [2.24, 2.45) is 0 Å². The van der Waals surface area contributed by atoms with Crippen LogP contribution in [0, 0.1) is 0 Å². The number of carboxylic acids is 2. The first-order valence-electron chi connectivity index (χ1n) is 5.89. The average molecular weight is 274 g/mol. The standard InChI is InChI=1S/C11H18N2O6/c14-8(2-1-3-10(16)17)12-6-7-13-9(15)4-5-11(18)19/h1-7H2,(H,12,14)(H,13,15)(H,16,17)(H,18,19). The number of carbonyl (C=O) groups excluding carboxylic acids is 2. The molecule has 0 aliphatic heterocycles. The van der Waals surface area contributed by atoms with Gasteiger partial charge in [0.05, 0.1) is 6.42 Å². The summed E-state index contributed by atoms with van der Waals surface area (Å²) in [5.74, 6) is -2.65. The first kappa shape index (κ1) is 16.9. The molecule has 0 heterocycles. The van der Waals surface area contributed by atoms with E-state index in [0.717, 1.165) is 0 Å². The first-order chi connectivity index (χ1) is 8.91. The van der Waals surface area contributed by atoms with Crippen LogP contribution in [0.2, 0.25) is 0 Å². The molecule has 0 unspecified atom stereocenters. The molecule has 0 radical (unpaired) electrons. The Kier molecular flexibility index (Phi) is 8.76. The van der Waals surface area contributed by atoms with Crippen LogP contribution in [0.5, 0.6) is 0 Å². The summed E-state index contributed by atoms with van der Waals surface area (Å²) in [5.41, 5.74) is 0. The minimum absolute atomic E-state index is 0.0562. The lowest BCUT2D eigenvalue weighted by Gasteiger charge is -2.06. The van der Waals surface area contributed by atoms with Crippen molar-refractivity contribution in [2.45, 2.75) is 32.1 Å². The van der Waals surface area contributed by atoms with Gasteiger partial charge < -0.3 is 20.8 Å².